The number of hydrogen-bond donors (Lipinski definition) is 0. The average molecular weight is 332 g/mol. The molecule has 3 nitrogen and oxygen atoms in total. The first-order valence-corrected chi connectivity index (χ1v) is 8.30. The zero-order valence-electron chi connectivity index (χ0n) is 14.1. The van der Waals surface area contributed by atoms with Crippen LogP contribution in [0.4, 0.5) is 0 Å². The third kappa shape index (κ3) is 4.48. The summed E-state index contributed by atoms with van der Waals surface area (Å²) in [7, 11) is 0. The van der Waals surface area contributed by atoms with Crippen molar-refractivity contribution in [2.75, 3.05) is 6.61 Å². The van der Waals surface area contributed by atoms with Crippen LogP contribution in [0.15, 0.2) is 78.9 Å². The molecule has 3 aromatic carbocycles. The molecule has 0 heterocycles. The summed E-state index contributed by atoms with van der Waals surface area (Å²) in [5.41, 5.74) is 3.69. The second-order valence-corrected chi connectivity index (χ2v) is 5.60. The van der Waals surface area contributed by atoms with Gasteiger partial charge in [0.15, 0.2) is 0 Å². The molecule has 0 aromatic heterocycles. The molecule has 0 aliphatic carbocycles. The van der Waals surface area contributed by atoms with Crippen LogP contribution >= 0.6 is 0 Å². The topological polar surface area (TPSA) is 35.5 Å². The van der Waals surface area contributed by atoms with Crippen molar-refractivity contribution in [3.05, 3.63) is 90.0 Å². The molecule has 0 saturated carbocycles. The highest BCUT2D eigenvalue weighted by Crippen LogP contribution is 2.24. The van der Waals surface area contributed by atoms with E-state index in [9.17, 15) is 4.79 Å². The largest absolute Gasteiger partial charge is 0.489 e. The van der Waals surface area contributed by atoms with E-state index in [0.29, 0.717) is 18.8 Å². The molecule has 0 fully saturated rings. The predicted octanol–water partition coefficient (Wildman–Crippen LogP) is 5.11. The van der Waals surface area contributed by atoms with Crippen molar-refractivity contribution < 1.29 is 14.3 Å². The molecule has 3 heteroatoms. The minimum Gasteiger partial charge on any atom is -0.489 e. The lowest BCUT2D eigenvalue weighted by molar-refractivity contribution is 0.0526. The van der Waals surface area contributed by atoms with Crippen LogP contribution in [0.2, 0.25) is 0 Å². The van der Waals surface area contributed by atoms with Crippen LogP contribution in [0.25, 0.3) is 11.1 Å². The number of carbonyl (C=O) groups excluding carboxylic acids is 1. The van der Waals surface area contributed by atoms with Gasteiger partial charge >= 0.3 is 5.97 Å². The molecule has 0 aliphatic heterocycles. The SMILES string of the molecule is CCOC(=O)c1cccc(-c2ccc(OCc3ccccc3)cc2)c1. The van der Waals surface area contributed by atoms with Gasteiger partial charge in [-0.1, -0.05) is 54.6 Å². The molecule has 0 bridgehead atoms. The van der Waals surface area contributed by atoms with Crippen LogP contribution in [0.3, 0.4) is 0 Å². The van der Waals surface area contributed by atoms with E-state index in [1.807, 2.05) is 72.8 Å². The van der Waals surface area contributed by atoms with Gasteiger partial charge in [-0.05, 0) is 47.9 Å². The molecule has 0 radical (unpaired) electrons. The fourth-order valence-electron chi connectivity index (χ4n) is 2.52. The van der Waals surface area contributed by atoms with Gasteiger partial charge in [0.25, 0.3) is 0 Å². The van der Waals surface area contributed by atoms with Gasteiger partial charge in [-0.15, -0.1) is 0 Å². The van der Waals surface area contributed by atoms with Gasteiger partial charge < -0.3 is 9.47 Å². The van der Waals surface area contributed by atoms with E-state index in [1.54, 1.807) is 13.0 Å². The van der Waals surface area contributed by atoms with Gasteiger partial charge in [0.05, 0.1) is 12.2 Å². The van der Waals surface area contributed by atoms with E-state index in [2.05, 4.69) is 0 Å². The van der Waals surface area contributed by atoms with Crippen LogP contribution in [0.1, 0.15) is 22.8 Å². The summed E-state index contributed by atoms with van der Waals surface area (Å²) in [6, 6.07) is 25.4. The molecule has 0 amide bonds. The second kappa shape index (κ2) is 8.15. The molecular weight excluding hydrogens is 312 g/mol. The van der Waals surface area contributed by atoms with Crippen molar-refractivity contribution in [2.45, 2.75) is 13.5 Å². The molecule has 0 atom stereocenters. The lowest BCUT2D eigenvalue weighted by Crippen LogP contribution is -2.04. The van der Waals surface area contributed by atoms with E-state index in [1.165, 1.54) is 0 Å². The van der Waals surface area contributed by atoms with E-state index in [0.717, 1.165) is 22.4 Å². The first-order valence-electron chi connectivity index (χ1n) is 8.30. The highest BCUT2D eigenvalue weighted by Gasteiger charge is 2.08. The van der Waals surface area contributed by atoms with Crippen LogP contribution in [-0.4, -0.2) is 12.6 Å². The lowest BCUT2D eigenvalue weighted by atomic mass is 10.0. The zero-order chi connectivity index (χ0) is 17.5. The van der Waals surface area contributed by atoms with E-state index in [-0.39, 0.29) is 5.97 Å². The summed E-state index contributed by atoms with van der Waals surface area (Å²) in [6.07, 6.45) is 0. The molecule has 3 rings (SSSR count). The van der Waals surface area contributed by atoms with Gasteiger partial charge in [-0.25, -0.2) is 4.79 Å². The molecule has 0 N–H and O–H groups in total. The molecule has 0 aliphatic rings. The monoisotopic (exact) mass is 332 g/mol. The Morgan fingerprint density at radius 2 is 1.60 bits per heavy atom. The quantitative estimate of drug-likeness (QED) is 0.589. The summed E-state index contributed by atoms with van der Waals surface area (Å²) in [6.45, 7) is 2.71. The number of ether oxygens (including phenoxy) is 2. The minimum atomic E-state index is -0.299. The Balaban J connectivity index is 1.70. The number of carbonyl (C=O) groups is 1. The van der Waals surface area contributed by atoms with Crippen molar-refractivity contribution >= 4 is 5.97 Å². The van der Waals surface area contributed by atoms with Gasteiger partial charge in [0, 0.05) is 0 Å². The zero-order valence-corrected chi connectivity index (χ0v) is 14.1. The number of hydrogen-bond acceptors (Lipinski definition) is 3. The molecule has 126 valence electrons. The molecule has 3 aromatic rings. The summed E-state index contributed by atoms with van der Waals surface area (Å²) >= 11 is 0. The van der Waals surface area contributed by atoms with Crippen LogP contribution in [0, 0.1) is 0 Å². The smallest absolute Gasteiger partial charge is 0.338 e. The van der Waals surface area contributed by atoms with Gasteiger partial charge in [-0.2, -0.15) is 0 Å². The highest BCUT2D eigenvalue weighted by molar-refractivity contribution is 5.91. The van der Waals surface area contributed by atoms with E-state index >= 15 is 0 Å². The Bertz CT molecular complexity index is 823. The Morgan fingerprint density at radius 3 is 2.32 bits per heavy atom. The normalized spacial score (nSPS) is 10.3. The average Bonchev–Trinajstić information content (AvgIpc) is 2.68. The van der Waals surface area contributed by atoms with Crippen molar-refractivity contribution in [2.24, 2.45) is 0 Å². The number of rotatable bonds is 6. The standard InChI is InChI=1S/C22H20O3/c1-2-24-22(23)20-10-6-9-19(15-20)18-11-13-21(14-12-18)25-16-17-7-4-3-5-8-17/h3-15H,2,16H2,1H3. The fourth-order valence-corrected chi connectivity index (χ4v) is 2.52. The lowest BCUT2D eigenvalue weighted by Gasteiger charge is -2.08. The Hall–Kier alpha value is -3.07. The summed E-state index contributed by atoms with van der Waals surface area (Å²) in [5.74, 6) is 0.515. The Kier molecular flexibility index (Phi) is 5.47. The van der Waals surface area contributed by atoms with E-state index < -0.39 is 0 Å². The maximum absolute atomic E-state index is 11.9. The van der Waals surface area contributed by atoms with Crippen molar-refractivity contribution in [3.63, 3.8) is 0 Å². The molecule has 0 saturated heterocycles. The van der Waals surface area contributed by atoms with Crippen molar-refractivity contribution in [1.82, 2.24) is 0 Å². The second-order valence-electron chi connectivity index (χ2n) is 5.60. The number of esters is 1. The summed E-state index contributed by atoms with van der Waals surface area (Å²) < 4.78 is 10.9. The number of benzene rings is 3. The third-order valence-corrected chi connectivity index (χ3v) is 3.81. The summed E-state index contributed by atoms with van der Waals surface area (Å²) in [4.78, 5) is 11.9. The van der Waals surface area contributed by atoms with E-state index in [4.69, 9.17) is 9.47 Å². The predicted molar refractivity (Wildman–Crippen MR) is 98.6 cm³/mol. The van der Waals surface area contributed by atoms with Gasteiger partial charge in [0.1, 0.15) is 12.4 Å². The van der Waals surface area contributed by atoms with Crippen LogP contribution in [-0.2, 0) is 11.3 Å². The molecule has 0 unspecified atom stereocenters. The summed E-state index contributed by atoms with van der Waals surface area (Å²) in [5, 5.41) is 0. The first kappa shape index (κ1) is 16.8. The molecule has 0 spiro atoms. The Morgan fingerprint density at radius 1 is 0.840 bits per heavy atom. The van der Waals surface area contributed by atoms with Gasteiger partial charge in [0.2, 0.25) is 0 Å². The van der Waals surface area contributed by atoms with Crippen molar-refractivity contribution in [3.8, 4) is 16.9 Å². The highest BCUT2D eigenvalue weighted by atomic mass is 16.5. The van der Waals surface area contributed by atoms with Crippen LogP contribution < -0.4 is 4.74 Å². The van der Waals surface area contributed by atoms with Crippen LogP contribution in [0.5, 0.6) is 5.75 Å². The molecule has 25 heavy (non-hydrogen) atoms. The maximum Gasteiger partial charge on any atom is 0.338 e. The molecular formula is C22H20O3. The fraction of sp³-hybridized carbons (Fsp3) is 0.136. The van der Waals surface area contributed by atoms with Gasteiger partial charge in [-0.3, -0.25) is 0 Å². The third-order valence-electron chi connectivity index (χ3n) is 3.81. The minimum absolute atomic E-state index is 0.299. The Labute approximate surface area is 147 Å². The first-order chi connectivity index (χ1) is 12.3. The maximum atomic E-state index is 11.9. The van der Waals surface area contributed by atoms with Crippen molar-refractivity contribution in [1.29, 1.82) is 0 Å².